The van der Waals surface area contributed by atoms with E-state index in [2.05, 4.69) is 4.98 Å². The van der Waals surface area contributed by atoms with Crippen molar-refractivity contribution in [2.24, 2.45) is 5.92 Å². The van der Waals surface area contributed by atoms with E-state index in [4.69, 9.17) is 23.2 Å². The van der Waals surface area contributed by atoms with Crippen LogP contribution in [0.1, 0.15) is 23.8 Å². The molecular formula is C12H14Cl2N2O2. The zero-order valence-corrected chi connectivity index (χ0v) is 11.4. The van der Waals surface area contributed by atoms with Crippen LogP contribution in [-0.4, -0.2) is 40.1 Å². The van der Waals surface area contributed by atoms with Gasteiger partial charge >= 0.3 is 0 Å². The number of aliphatic hydroxyl groups is 1. The molecular weight excluding hydrogens is 275 g/mol. The van der Waals surface area contributed by atoms with Crippen LogP contribution in [0.25, 0.3) is 0 Å². The maximum absolute atomic E-state index is 12.3. The average Bonchev–Trinajstić information content (AvgIpc) is 2.35. The Balaban J connectivity index is 2.19. The molecule has 1 amide bonds. The molecule has 1 aromatic heterocycles. The van der Waals surface area contributed by atoms with E-state index in [0.29, 0.717) is 24.5 Å². The van der Waals surface area contributed by atoms with Gasteiger partial charge in [0.2, 0.25) is 0 Å². The van der Waals surface area contributed by atoms with Crippen LogP contribution in [-0.2, 0) is 0 Å². The number of pyridine rings is 1. The number of nitrogens with zero attached hydrogens (tertiary/aromatic N) is 2. The van der Waals surface area contributed by atoms with Gasteiger partial charge in [0.15, 0.2) is 0 Å². The molecule has 4 nitrogen and oxygen atoms in total. The summed E-state index contributed by atoms with van der Waals surface area (Å²) in [6.45, 7) is 2.93. The molecule has 1 aromatic rings. The second kappa shape index (κ2) is 5.43. The summed E-state index contributed by atoms with van der Waals surface area (Å²) in [6.07, 6.45) is 0.224. The van der Waals surface area contributed by atoms with E-state index >= 15 is 0 Å². The highest BCUT2D eigenvalue weighted by Crippen LogP contribution is 2.22. The van der Waals surface area contributed by atoms with Crippen LogP contribution in [0, 0.1) is 5.92 Å². The van der Waals surface area contributed by atoms with Gasteiger partial charge in [-0.3, -0.25) is 4.79 Å². The third kappa shape index (κ3) is 2.76. The summed E-state index contributed by atoms with van der Waals surface area (Å²) in [5.74, 6) is -0.179. The first-order chi connectivity index (χ1) is 8.49. The van der Waals surface area contributed by atoms with Crippen molar-refractivity contribution in [2.75, 3.05) is 13.1 Å². The van der Waals surface area contributed by atoms with Gasteiger partial charge in [-0.2, -0.15) is 0 Å². The normalized spacial score (nSPS) is 24.1. The van der Waals surface area contributed by atoms with E-state index in [1.54, 1.807) is 17.0 Å². The van der Waals surface area contributed by atoms with Crippen molar-refractivity contribution < 1.29 is 9.90 Å². The minimum absolute atomic E-state index is 0.0562. The highest BCUT2D eigenvalue weighted by molar-refractivity contribution is 6.34. The number of carbonyl (C=O) groups excluding carboxylic acids is 1. The van der Waals surface area contributed by atoms with Crippen LogP contribution < -0.4 is 0 Å². The maximum atomic E-state index is 12.3. The minimum Gasteiger partial charge on any atom is -0.393 e. The van der Waals surface area contributed by atoms with Crippen LogP contribution in [0.15, 0.2) is 12.1 Å². The summed E-state index contributed by atoms with van der Waals surface area (Å²) in [6, 6.07) is 3.11. The van der Waals surface area contributed by atoms with E-state index in [-0.39, 0.29) is 28.8 Å². The molecule has 2 unspecified atom stereocenters. The molecule has 2 heterocycles. The van der Waals surface area contributed by atoms with Crippen LogP contribution >= 0.6 is 23.2 Å². The molecule has 18 heavy (non-hydrogen) atoms. The minimum atomic E-state index is -0.350. The topological polar surface area (TPSA) is 53.4 Å². The lowest BCUT2D eigenvalue weighted by atomic mass is 9.96. The van der Waals surface area contributed by atoms with E-state index in [9.17, 15) is 9.90 Å². The van der Waals surface area contributed by atoms with Crippen molar-refractivity contribution in [2.45, 2.75) is 19.4 Å². The third-order valence-corrected chi connectivity index (χ3v) is 3.68. The molecule has 1 saturated heterocycles. The Labute approximate surface area is 116 Å². The Kier molecular flexibility index (Phi) is 4.10. The molecule has 1 aliphatic rings. The Morgan fingerprint density at radius 2 is 2.22 bits per heavy atom. The van der Waals surface area contributed by atoms with Crippen LogP contribution in [0.5, 0.6) is 0 Å². The quantitative estimate of drug-likeness (QED) is 0.807. The van der Waals surface area contributed by atoms with Gasteiger partial charge in [-0.05, 0) is 24.5 Å². The number of rotatable bonds is 1. The van der Waals surface area contributed by atoms with Gasteiger partial charge in [0.25, 0.3) is 5.91 Å². The van der Waals surface area contributed by atoms with Crippen molar-refractivity contribution in [1.29, 1.82) is 0 Å². The predicted molar refractivity (Wildman–Crippen MR) is 69.9 cm³/mol. The fourth-order valence-electron chi connectivity index (χ4n) is 2.04. The number of hydrogen-bond acceptors (Lipinski definition) is 3. The van der Waals surface area contributed by atoms with E-state index in [0.717, 1.165) is 0 Å². The standard InChI is InChI=1S/C12H14Cl2N2O2/c1-7-6-16(5-4-9(7)17)12(18)11-8(13)2-3-10(14)15-11/h2-3,7,9,17H,4-6H2,1H3. The number of amides is 1. The Morgan fingerprint density at radius 3 is 2.89 bits per heavy atom. The zero-order chi connectivity index (χ0) is 13.3. The second-order valence-electron chi connectivity index (χ2n) is 4.55. The largest absolute Gasteiger partial charge is 0.393 e. The van der Waals surface area contributed by atoms with Crippen LogP contribution in [0.3, 0.4) is 0 Å². The van der Waals surface area contributed by atoms with Crippen molar-refractivity contribution in [3.05, 3.63) is 28.0 Å². The summed E-state index contributed by atoms with van der Waals surface area (Å²) in [5, 5.41) is 10.2. The fraction of sp³-hybridized carbons (Fsp3) is 0.500. The SMILES string of the molecule is CC1CN(C(=O)c2nc(Cl)ccc2Cl)CCC1O. The van der Waals surface area contributed by atoms with E-state index < -0.39 is 0 Å². The molecule has 2 atom stereocenters. The molecule has 98 valence electrons. The number of likely N-dealkylation sites (tertiary alicyclic amines) is 1. The molecule has 0 spiro atoms. The molecule has 0 saturated carbocycles. The molecule has 2 rings (SSSR count). The predicted octanol–water partition coefficient (Wildman–Crippen LogP) is 2.23. The smallest absolute Gasteiger partial charge is 0.274 e. The monoisotopic (exact) mass is 288 g/mol. The van der Waals surface area contributed by atoms with Gasteiger partial charge in [0.05, 0.1) is 11.1 Å². The molecule has 0 radical (unpaired) electrons. The summed E-state index contributed by atoms with van der Waals surface area (Å²) < 4.78 is 0. The summed E-state index contributed by atoms with van der Waals surface area (Å²) in [4.78, 5) is 17.9. The lowest BCUT2D eigenvalue weighted by molar-refractivity contribution is 0.0294. The summed E-state index contributed by atoms with van der Waals surface area (Å²) >= 11 is 11.7. The summed E-state index contributed by atoms with van der Waals surface area (Å²) in [5.41, 5.74) is 0.174. The lowest BCUT2D eigenvalue weighted by Gasteiger charge is -2.34. The number of hydrogen-bond donors (Lipinski definition) is 1. The highest BCUT2D eigenvalue weighted by Gasteiger charge is 2.29. The highest BCUT2D eigenvalue weighted by atomic mass is 35.5. The first-order valence-corrected chi connectivity index (χ1v) is 6.54. The first-order valence-electron chi connectivity index (χ1n) is 5.78. The number of halogens is 2. The van der Waals surface area contributed by atoms with Gasteiger partial charge in [-0.15, -0.1) is 0 Å². The van der Waals surface area contributed by atoms with Crippen molar-refractivity contribution in [1.82, 2.24) is 9.88 Å². The molecule has 1 aliphatic heterocycles. The van der Waals surface area contributed by atoms with Crippen molar-refractivity contribution >= 4 is 29.1 Å². The molecule has 6 heteroatoms. The third-order valence-electron chi connectivity index (χ3n) is 3.16. The van der Waals surface area contributed by atoms with E-state index in [1.165, 1.54) is 0 Å². The fourth-order valence-corrected chi connectivity index (χ4v) is 2.37. The molecule has 1 N–H and O–H groups in total. The summed E-state index contributed by atoms with van der Waals surface area (Å²) in [7, 11) is 0. The lowest BCUT2D eigenvalue weighted by Crippen LogP contribution is -2.45. The maximum Gasteiger partial charge on any atom is 0.274 e. The van der Waals surface area contributed by atoms with Gasteiger partial charge < -0.3 is 10.0 Å². The van der Waals surface area contributed by atoms with Crippen molar-refractivity contribution in [3.63, 3.8) is 0 Å². The number of aliphatic hydroxyl groups excluding tert-OH is 1. The molecule has 1 fully saturated rings. The number of carbonyl (C=O) groups is 1. The zero-order valence-electron chi connectivity index (χ0n) is 9.94. The van der Waals surface area contributed by atoms with Crippen LogP contribution in [0.4, 0.5) is 0 Å². The Morgan fingerprint density at radius 1 is 1.50 bits per heavy atom. The van der Waals surface area contributed by atoms with Gasteiger partial charge in [0.1, 0.15) is 10.8 Å². The Hall–Kier alpha value is -0.840. The average molecular weight is 289 g/mol. The molecule has 0 bridgehead atoms. The van der Waals surface area contributed by atoms with Gasteiger partial charge in [-0.1, -0.05) is 30.1 Å². The van der Waals surface area contributed by atoms with Crippen molar-refractivity contribution in [3.8, 4) is 0 Å². The van der Waals surface area contributed by atoms with Gasteiger partial charge in [-0.25, -0.2) is 4.98 Å². The van der Waals surface area contributed by atoms with Crippen LogP contribution in [0.2, 0.25) is 10.2 Å². The van der Waals surface area contributed by atoms with Gasteiger partial charge in [0, 0.05) is 13.1 Å². The first kappa shape index (κ1) is 13.6. The molecule has 0 aromatic carbocycles. The molecule has 0 aliphatic carbocycles. The number of aromatic nitrogens is 1. The second-order valence-corrected chi connectivity index (χ2v) is 5.34. The number of piperidine rings is 1. The Bertz CT molecular complexity index is 467. The van der Waals surface area contributed by atoms with E-state index in [1.807, 2.05) is 6.92 Å².